The average Bonchev–Trinajstić information content (AvgIpc) is 2.73. The maximum atomic E-state index is 5.84. The molecule has 3 nitrogen and oxygen atoms in total. The van der Waals surface area contributed by atoms with Crippen LogP contribution in [0.3, 0.4) is 0 Å². The van der Waals surface area contributed by atoms with Gasteiger partial charge in [-0.3, -0.25) is 0 Å². The number of nitrogens with zero attached hydrogens (tertiary/aromatic N) is 2. The van der Waals surface area contributed by atoms with Crippen molar-refractivity contribution in [2.75, 3.05) is 5.32 Å². The zero-order chi connectivity index (χ0) is 10.7. The molecule has 0 saturated carbocycles. The molecule has 15 heavy (non-hydrogen) atoms. The Labute approximate surface area is 105 Å². The topological polar surface area (TPSA) is 37.8 Å². The van der Waals surface area contributed by atoms with Crippen LogP contribution in [0.1, 0.15) is 4.88 Å². The van der Waals surface area contributed by atoms with Crippen LogP contribution in [0.5, 0.6) is 0 Å². The van der Waals surface area contributed by atoms with Crippen LogP contribution in [0.2, 0.25) is 5.15 Å². The first-order valence-electron chi connectivity index (χ1n) is 4.19. The van der Waals surface area contributed by atoms with E-state index in [-0.39, 0.29) is 0 Å². The summed E-state index contributed by atoms with van der Waals surface area (Å²) in [7, 11) is 0. The monoisotopic (exact) mass is 303 g/mol. The molecule has 2 rings (SSSR count). The summed E-state index contributed by atoms with van der Waals surface area (Å²) in [6.45, 7) is 0.740. The minimum atomic E-state index is 0.415. The summed E-state index contributed by atoms with van der Waals surface area (Å²) in [5.41, 5.74) is 0. The van der Waals surface area contributed by atoms with Crippen LogP contribution >= 0.6 is 38.9 Å². The number of aromatic nitrogens is 2. The molecule has 0 amide bonds. The summed E-state index contributed by atoms with van der Waals surface area (Å²) < 4.78 is 0.697. The second-order valence-electron chi connectivity index (χ2n) is 2.76. The smallest absolute Gasteiger partial charge is 0.148 e. The quantitative estimate of drug-likeness (QED) is 0.881. The van der Waals surface area contributed by atoms with Crippen LogP contribution in [0.25, 0.3) is 0 Å². The molecule has 6 heteroatoms. The fourth-order valence-electron chi connectivity index (χ4n) is 1.06. The van der Waals surface area contributed by atoms with Crippen molar-refractivity contribution >= 4 is 44.7 Å². The zero-order valence-electron chi connectivity index (χ0n) is 7.58. The predicted molar refractivity (Wildman–Crippen MR) is 66.4 cm³/mol. The first kappa shape index (κ1) is 10.9. The normalized spacial score (nSPS) is 10.3. The van der Waals surface area contributed by atoms with Crippen LogP contribution in [-0.4, -0.2) is 9.97 Å². The van der Waals surface area contributed by atoms with Crippen molar-refractivity contribution in [3.8, 4) is 0 Å². The van der Waals surface area contributed by atoms with E-state index in [2.05, 4.69) is 37.3 Å². The van der Waals surface area contributed by atoms with E-state index in [0.717, 1.165) is 6.54 Å². The lowest BCUT2D eigenvalue weighted by atomic mass is 10.4. The minimum absolute atomic E-state index is 0.415. The first-order valence-corrected chi connectivity index (χ1v) is 6.24. The standard InChI is InChI=1S/C9H7BrClN3S/c10-7-8(11)13-5-14-9(7)12-4-6-2-1-3-15-6/h1-3,5H,4H2,(H,12,13,14). The summed E-state index contributed by atoms with van der Waals surface area (Å²) in [4.78, 5) is 9.19. The van der Waals surface area contributed by atoms with E-state index in [1.807, 2.05) is 11.4 Å². The zero-order valence-corrected chi connectivity index (χ0v) is 10.7. The van der Waals surface area contributed by atoms with Crippen LogP contribution in [0.4, 0.5) is 5.82 Å². The molecule has 0 spiro atoms. The molecule has 0 aromatic carbocycles. The molecule has 0 bridgehead atoms. The molecule has 0 aliphatic rings. The van der Waals surface area contributed by atoms with Crippen LogP contribution in [-0.2, 0) is 6.54 Å². The van der Waals surface area contributed by atoms with Crippen molar-refractivity contribution in [3.63, 3.8) is 0 Å². The lowest BCUT2D eigenvalue weighted by molar-refractivity contribution is 1.09. The largest absolute Gasteiger partial charge is 0.364 e. The van der Waals surface area contributed by atoms with Gasteiger partial charge in [0.05, 0.1) is 11.0 Å². The second-order valence-corrected chi connectivity index (χ2v) is 4.94. The molecule has 1 N–H and O–H groups in total. The number of halogens is 2. The van der Waals surface area contributed by atoms with Gasteiger partial charge in [-0.2, -0.15) is 0 Å². The van der Waals surface area contributed by atoms with Gasteiger partial charge >= 0.3 is 0 Å². The summed E-state index contributed by atoms with van der Waals surface area (Å²) in [6.07, 6.45) is 1.43. The third-order valence-electron chi connectivity index (χ3n) is 1.76. The molecule has 2 heterocycles. The lowest BCUT2D eigenvalue weighted by Crippen LogP contribution is -2.01. The van der Waals surface area contributed by atoms with E-state index >= 15 is 0 Å². The van der Waals surface area contributed by atoms with Crippen molar-refractivity contribution in [3.05, 3.63) is 38.3 Å². The number of hydrogen-bond acceptors (Lipinski definition) is 4. The fourth-order valence-corrected chi connectivity index (χ4v) is 2.18. The van der Waals surface area contributed by atoms with Gasteiger partial charge in [0.2, 0.25) is 0 Å². The molecule has 0 aliphatic carbocycles. The molecule has 0 aliphatic heterocycles. The highest BCUT2D eigenvalue weighted by molar-refractivity contribution is 9.10. The van der Waals surface area contributed by atoms with E-state index < -0.39 is 0 Å². The molecule has 2 aromatic heterocycles. The third kappa shape index (κ3) is 2.68. The Hall–Kier alpha value is -0.650. The van der Waals surface area contributed by atoms with Gasteiger partial charge in [0.1, 0.15) is 17.3 Å². The fraction of sp³-hybridized carbons (Fsp3) is 0.111. The van der Waals surface area contributed by atoms with Gasteiger partial charge in [-0.05, 0) is 27.4 Å². The van der Waals surface area contributed by atoms with E-state index in [0.29, 0.717) is 15.4 Å². The summed E-state index contributed by atoms with van der Waals surface area (Å²) >= 11 is 10.9. The highest BCUT2D eigenvalue weighted by Crippen LogP contribution is 2.26. The number of anilines is 1. The Morgan fingerprint density at radius 1 is 1.47 bits per heavy atom. The Bertz CT molecular complexity index is 447. The lowest BCUT2D eigenvalue weighted by Gasteiger charge is -2.05. The van der Waals surface area contributed by atoms with E-state index in [1.165, 1.54) is 11.2 Å². The van der Waals surface area contributed by atoms with Gasteiger partial charge in [-0.1, -0.05) is 17.7 Å². The van der Waals surface area contributed by atoms with Crippen molar-refractivity contribution in [1.29, 1.82) is 0 Å². The Balaban J connectivity index is 2.08. The highest BCUT2D eigenvalue weighted by atomic mass is 79.9. The summed E-state index contributed by atoms with van der Waals surface area (Å²) in [5, 5.41) is 5.64. The minimum Gasteiger partial charge on any atom is -0.364 e. The Morgan fingerprint density at radius 3 is 3.07 bits per heavy atom. The van der Waals surface area contributed by atoms with Crippen molar-refractivity contribution in [2.45, 2.75) is 6.54 Å². The molecular formula is C9H7BrClN3S. The number of nitrogens with one attached hydrogen (secondary N) is 1. The molecular weight excluding hydrogens is 298 g/mol. The van der Waals surface area contributed by atoms with E-state index in [1.54, 1.807) is 11.3 Å². The molecule has 0 fully saturated rings. The molecule has 78 valence electrons. The Kier molecular flexibility index (Phi) is 3.56. The molecule has 2 aromatic rings. The number of hydrogen-bond donors (Lipinski definition) is 1. The summed E-state index contributed by atoms with van der Waals surface area (Å²) in [6, 6.07) is 4.08. The van der Waals surface area contributed by atoms with E-state index in [4.69, 9.17) is 11.6 Å². The van der Waals surface area contributed by atoms with Crippen LogP contribution in [0.15, 0.2) is 28.3 Å². The first-order chi connectivity index (χ1) is 7.27. The molecule has 0 unspecified atom stereocenters. The average molecular weight is 305 g/mol. The van der Waals surface area contributed by atoms with Crippen LogP contribution in [0, 0.1) is 0 Å². The van der Waals surface area contributed by atoms with E-state index in [9.17, 15) is 0 Å². The third-order valence-corrected chi connectivity index (χ3v) is 3.90. The molecule has 0 radical (unpaired) electrons. The maximum absolute atomic E-state index is 5.84. The van der Waals surface area contributed by atoms with Crippen molar-refractivity contribution in [1.82, 2.24) is 9.97 Å². The van der Waals surface area contributed by atoms with Crippen molar-refractivity contribution < 1.29 is 0 Å². The number of rotatable bonds is 3. The summed E-state index contributed by atoms with van der Waals surface area (Å²) in [5.74, 6) is 0.711. The maximum Gasteiger partial charge on any atom is 0.148 e. The van der Waals surface area contributed by atoms with Crippen LogP contribution < -0.4 is 5.32 Å². The second kappa shape index (κ2) is 4.92. The SMILES string of the molecule is Clc1ncnc(NCc2cccs2)c1Br. The van der Waals surface area contributed by atoms with Crippen molar-refractivity contribution in [2.24, 2.45) is 0 Å². The van der Waals surface area contributed by atoms with Gasteiger partial charge < -0.3 is 5.32 Å². The highest BCUT2D eigenvalue weighted by Gasteiger charge is 2.05. The van der Waals surface area contributed by atoms with Gasteiger partial charge in [0.15, 0.2) is 0 Å². The van der Waals surface area contributed by atoms with Gasteiger partial charge in [0.25, 0.3) is 0 Å². The van der Waals surface area contributed by atoms with Gasteiger partial charge in [-0.25, -0.2) is 9.97 Å². The Morgan fingerprint density at radius 2 is 2.33 bits per heavy atom. The van der Waals surface area contributed by atoms with Gasteiger partial charge in [0, 0.05) is 4.88 Å². The molecule has 0 saturated heterocycles. The van der Waals surface area contributed by atoms with Gasteiger partial charge in [-0.15, -0.1) is 11.3 Å². The predicted octanol–water partition coefficient (Wildman–Crippen LogP) is 3.57. The molecule has 0 atom stereocenters. The number of thiophene rings is 1.